The molecule has 0 saturated heterocycles. The van der Waals surface area contributed by atoms with Crippen LogP contribution >= 0.6 is 0 Å². The molecule has 0 aliphatic carbocycles. The number of primary sulfonamides is 1. The van der Waals surface area contributed by atoms with E-state index >= 15 is 0 Å². The van der Waals surface area contributed by atoms with Crippen LogP contribution < -0.4 is 15.8 Å². The number of furan rings is 1. The molecule has 2 aromatic rings. The highest BCUT2D eigenvalue weighted by Crippen LogP contribution is 2.29. The maximum atomic E-state index is 11.6. The van der Waals surface area contributed by atoms with Gasteiger partial charge >= 0.3 is 0 Å². The third-order valence-corrected chi connectivity index (χ3v) is 4.08. The minimum atomic E-state index is -3.80. The quantitative estimate of drug-likeness (QED) is 0.831. The van der Waals surface area contributed by atoms with Crippen molar-refractivity contribution in [2.45, 2.75) is 18.4 Å². The monoisotopic (exact) mass is 295 g/mol. The molecule has 1 aromatic heterocycles. The summed E-state index contributed by atoms with van der Waals surface area (Å²) in [5.74, 6) is 0.770. The average molecular weight is 295 g/mol. The Balaban J connectivity index is 2.44. The fourth-order valence-electron chi connectivity index (χ4n) is 2.11. The largest absolute Gasteiger partial charge is 0.467 e. The molecule has 0 spiro atoms. The fourth-order valence-corrected chi connectivity index (χ4v) is 2.94. The van der Waals surface area contributed by atoms with Crippen molar-refractivity contribution < 1.29 is 12.8 Å². The van der Waals surface area contributed by atoms with E-state index in [9.17, 15) is 8.42 Å². The van der Waals surface area contributed by atoms with Crippen molar-refractivity contribution >= 4 is 21.4 Å². The first-order chi connectivity index (χ1) is 9.29. The molecule has 108 valence electrons. The van der Waals surface area contributed by atoms with Crippen LogP contribution in [0.25, 0.3) is 0 Å². The standard InChI is InChI=1S/C13H17N3O3S/c1-9-12(16(2)8-11-4-3-5-19-11)6-10(14)7-13(9)20(15,17)18/h3-7H,8,14H2,1-2H3,(H2,15,17,18). The zero-order chi connectivity index (χ0) is 14.9. The third kappa shape index (κ3) is 2.94. The first-order valence-electron chi connectivity index (χ1n) is 5.95. The van der Waals surface area contributed by atoms with Gasteiger partial charge in [0.2, 0.25) is 10.0 Å². The van der Waals surface area contributed by atoms with E-state index in [1.807, 2.05) is 18.0 Å². The maximum Gasteiger partial charge on any atom is 0.238 e. The lowest BCUT2D eigenvalue weighted by molar-refractivity contribution is 0.507. The molecule has 4 N–H and O–H groups in total. The van der Waals surface area contributed by atoms with Crippen molar-refractivity contribution in [1.29, 1.82) is 0 Å². The SMILES string of the molecule is Cc1c(N(C)Cc2ccco2)cc(N)cc1S(N)(=O)=O. The van der Waals surface area contributed by atoms with Crippen molar-refractivity contribution in [3.8, 4) is 0 Å². The van der Waals surface area contributed by atoms with Crippen molar-refractivity contribution in [2.24, 2.45) is 5.14 Å². The molecule has 0 aliphatic heterocycles. The molecule has 1 aromatic carbocycles. The Morgan fingerprint density at radius 3 is 2.60 bits per heavy atom. The van der Waals surface area contributed by atoms with Gasteiger partial charge in [0.15, 0.2) is 0 Å². The molecule has 0 saturated carbocycles. The van der Waals surface area contributed by atoms with Gasteiger partial charge in [0.1, 0.15) is 5.76 Å². The summed E-state index contributed by atoms with van der Waals surface area (Å²) in [7, 11) is -1.97. The first-order valence-corrected chi connectivity index (χ1v) is 7.50. The summed E-state index contributed by atoms with van der Waals surface area (Å²) in [4.78, 5) is 1.90. The van der Waals surface area contributed by atoms with E-state index in [-0.39, 0.29) is 4.90 Å². The molecule has 0 atom stereocenters. The number of rotatable bonds is 4. The van der Waals surface area contributed by atoms with Gasteiger partial charge in [-0.05, 0) is 36.8 Å². The minimum Gasteiger partial charge on any atom is -0.467 e. The Labute approximate surface area is 118 Å². The Morgan fingerprint density at radius 2 is 2.05 bits per heavy atom. The predicted molar refractivity (Wildman–Crippen MR) is 77.8 cm³/mol. The molecule has 0 fully saturated rings. The molecular formula is C13H17N3O3S. The number of nitrogens with two attached hydrogens (primary N) is 2. The van der Waals surface area contributed by atoms with Crippen LogP contribution in [0.5, 0.6) is 0 Å². The highest BCUT2D eigenvalue weighted by Gasteiger charge is 2.18. The van der Waals surface area contributed by atoms with Gasteiger partial charge in [0.05, 0.1) is 17.7 Å². The third-order valence-electron chi connectivity index (χ3n) is 3.05. The van der Waals surface area contributed by atoms with Crippen LogP contribution in [-0.2, 0) is 16.6 Å². The lowest BCUT2D eigenvalue weighted by atomic mass is 10.1. The molecule has 0 radical (unpaired) electrons. The normalized spacial score (nSPS) is 11.6. The first kappa shape index (κ1) is 14.4. The number of nitrogen functional groups attached to an aromatic ring is 1. The van der Waals surface area contributed by atoms with Crippen molar-refractivity contribution in [1.82, 2.24) is 0 Å². The Kier molecular flexibility index (Phi) is 3.74. The molecular weight excluding hydrogens is 278 g/mol. The van der Waals surface area contributed by atoms with Gasteiger partial charge in [0, 0.05) is 18.4 Å². The lowest BCUT2D eigenvalue weighted by Gasteiger charge is -2.22. The molecule has 0 amide bonds. The molecule has 0 bridgehead atoms. The molecule has 20 heavy (non-hydrogen) atoms. The van der Waals surface area contributed by atoms with E-state index in [4.69, 9.17) is 15.3 Å². The summed E-state index contributed by atoms with van der Waals surface area (Å²) >= 11 is 0. The average Bonchev–Trinajstić information content (AvgIpc) is 2.83. The van der Waals surface area contributed by atoms with E-state index in [0.29, 0.717) is 23.5 Å². The van der Waals surface area contributed by atoms with Gasteiger partial charge in [-0.2, -0.15) is 0 Å². The van der Waals surface area contributed by atoms with Gasteiger partial charge in [-0.15, -0.1) is 0 Å². The second-order valence-corrected chi connectivity index (χ2v) is 6.17. The van der Waals surface area contributed by atoms with Gasteiger partial charge in [-0.3, -0.25) is 0 Å². The Morgan fingerprint density at radius 1 is 1.35 bits per heavy atom. The number of hydrogen-bond acceptors (Lipinski definition) is 5. The summed E-state index contributed by atoms with van der Waals surface area (Å²) in [6, 6.07) is 6.73. The lowest BCUT2D eigenvalue weighted by Crippen LogP contribution is -2.20. The molecule has 0 unspecified atom stereocenters. The Bertz CT molecular complexity index is 709. The maximum absolute atomic E-state index is 11.6. The highest BCUT2D eigenvalue weighted by atomic mass is 32.2. The predicted octanol–water partition coefficient (Wildman–Crippen LogP) is 1.45. The summed E-state index contributed by atoms with van der Waals surface area (Å²) in [6.45, 7) is 2.20. The molecule has 1 heterocycles. The minimum absolute atomic E-state index is 0.0406. The van der Waals surface area contributed by atoms with Gasteiger partial charge < -0.3 is 15.1 Å². The van der Waals surface area contributed by atoms with Crippen LogP contribution in [0.3, 0.4) is 0 Å². The van der Waals surface area contributed by atoms with Crippen LogP contribution in [0.2, 0.25) is 0 Å². The van der Waals surface area contributed by atoms with Crippen LogP contribution in [0.4, 0.5) is 11.4 Å². The number of anilines is 2. The number of sulfonamides is 1. The van der Waals surface area contributed by atoms with E-state index in [2.05, 4.69) is 0 Å². The van der Waals surface area contributed by atoms with Crippen molar-refractivity contribution in [3.63, 3.8) is 0 Å². The Hall–Kier alpha value is -1.99. The van der Waals surface area contributed by atoms with Crippen molar-refractivity contribution in [3.05, 3.63) is 41.9 Å². The van der Waals surface area contributed by atoms with Crippen LogP contribution in [0, 0.1) is 6.92 Å². The van der Waals surface area contributed by atoms with E-state index in [1.165, 1.54) is 6.07 Å². The zero-order valence-electron chi connectivity index (χ0n) is 11.3. The van der Waals surface area contributed by atoms with Crippen LogP contribution in [0.15, 0.2) is 39.8 Å². The summed E-state index contributed by atoms with van der Waals surface area (Å²) in [5, 5.41) is 5.21. The van der Waals surface area contributed by atoms with Gasteiger partial charge in [-0.1, -0.05) is 0 Å². The number of benzene rings is 1. The smallest absolute Gasteiger partial charge is 0.238 e. The second kappa shape index (κ2) is 5.18. The van der Waals surface area contributed by atoms with Gasteiger partial charge in [-0.25, -0.2) is 13.6 Å². The van der Waals surface area contributed by atoms with Gasteiger partial charge in [0.25, 0.3) is 0 Å². The summed E-state index contributed by atoms with van der Waals surface area (Å²) in [6.07, 6.45) is 1.59. The van der Waals surface area contributed by atoms with Crippen LogP contribution in [0.1, 0.15) is 11.3 Å². The zero-order valence-corrected chi connectivity index (χ0v) is 12.1. The highest BCUT2D eigenvalue weighted by molar-refractivity contribution is 7.89. The van der Waals surface area contributed by atoms with E-state index in [1.54, 1.807) is 25.3 Å². The van der Waals surface area contributed by atoms with E-state index < -0.39 is 10.0 Å². The second-order valence-electron chi connectivity index (χ2n) is 4.64. The molecule has 2 rings (SSSR count). The fraction of sp³-hybridized carbons (Fsp3) is 0.231. The van der Waals surface area contributed by atoms with Crippen LogP contribution in [-0.4, -0.2) is 15.5 Å². The number of nitrogens with zero attached hydrogens (tertiary/aromatic N) is 1. The topological polar surface area (TPSA) is 103 Å². The molecule has 7 heteroatoms. The van der Waals surface area contributed by atoms with Crippen molar-refractivity contribution in [2.75, 3.05) is 17.7 Å². The number of hydrogen-bond donors (Lipinski definition) is 2. The van der Waals surface area contributed by atoms with E-state index in [0.717, 1.165) is 5.76 Å². The molecule has 6 nitrogen and oxygen atoms in total. The molecule has 0 aliphatic rings. The summed E-state index contributed by atoms with van der Waals surface area (Å²) in [5.41, 5.74) is 7.38. The summed E-state index contributed by atoms with van der Waals surface area (Å²) < 4.78 is 28.4.